The lowest BCUT2D eigenvalue weighted by Gasteiger charge is -2.36. The number of carbonyl (C=O) groups is 3. The molecule has 1 aliphatic heterocycles. The topological polar surface area (TPSA) is 137 Å². The van der Waals surface area contributed by atoms with Crippen molar-refractivity contribution in [1.29, 1.82) is 0 Å². The van der Waals surface area contributed by atoms with E-state index in [1.807, 2.05) is 0 Å². The minimum Gasteiger partial charge on any atom is -0.468 e. The molecule has 10 nitrogen and oxygen atoms in total. The second-order valence-electron chi connectivity index (χ2n) is 9.74. The normalized spacial score (nSPS) is 16.7. The molecular weight excluding hydrogens is 538 g/mol. The van der Waals surface area contributed by atoms with Crippen molar-refractivity contribution in [3.63, 3.8) is 0 Å². The van der Waals surface area contributed by atoms with Crippen LogP contribution < -0.4 is 5.32 Å². The Hall–Kier alpha value is -5.12. The van der Waals surface area contributed by atoms with Gasteiger partial charge in [0.15, 0.2) is 5.54 Å². The van der Waals surface area contributed by atoms with E-state index in [1.54, 1.807) is 87.5 Å². The molecule has 0 saturated carbocycles. The largest absolute Gasteiger partial charge is 0.468 e. The number of nitro benzene ring substituents is 1. The number of allylic oxidation sites excluding steroid dienone is 1. The highest BCUT2D eigenvalue weighted by molar-refractivity contribution is 6.09. The molecule has 4 rings (SSSR count). The maximum Gasteiger partial charge on any atom is 0.341 e. The summed E-state index contributed by atoms with van der Waals surface area (Å²) in [6, 6.07) is 23.2. The highest BCUT2D eigenvalue weighted by Gasteiger charge is 2.48. The zero-order valence-electron chi connectivity index (χ0n) is 23.7. The summed E-state index contributed by atoms with van der Waals surface area (Å²) in [5.74, 6) is -4.11. The Morgan fingerprint density at radius 1 is 0.952 bits per heavy atom. The van der Waals surface area contributed by atoms with E-state index >= 15 is 0 Å². The predicted octanol–water partition coefficient (Wildman–Crippen LogP) is 4.84. The van der Waals surface area contributed by atoms with Crippen molar-refractivity contribution in [2.75, 3.05) is 13.7 Å². The lowest BCUT2D eigenvalue weighted by molar-refractivity contribution is -0.384. The van der Waals surface area contributed by atoms with Gasteiger partial charge in [0, 0.05) is 35.0 Å². The molecule has 2 atom stereocenters. The lowest BCUT2D eigenvalue weighted by Crippen LogP contribution is -2.55. The summed E-state index contributed by atoms with van der Waals surface area (Å²) in [7, 11) is 1.22. The van der Waals surface area contributed by atoms with Crippen molar-refractivity contribution in [3.8, 4) is 0 Å². The van der Waals surface area contributed by atoms with Crippen LogP contribution in [-0.2, 0) is 29.4 Å². The van der Waals surface area contributed by atoms with Gasteiger partial charge in [-0.05, 0) is 37.5 Å². The van der Waals surface area contributed by atoms with Crippen molar-refractivity contribution in [1.82, 2.24) is 5.32 Å². The molecule has 216 valence electrons. The number of non-ortho nitro benzene ring substituents is 1. The third-order valence-corrected chi connectivity index (χ3v) is 7.26. The van der Waals surface area contributed by atoms with E-state index in [1.165, 1.54) is 25.3 Å². The summed E-state index contributed by atoms with van der Waals surface area (Å²) < 4.78 is 10.6. The molecule has 0 radical (unpaired) electrons. The number of benzene rings is 3. The number of esters is 2. The van der Waals surface area contributed by atoms with Crippen LogP contribution in [0.5, 0.6) is 0 Å². The standard InChI is InChI=1S/C32H31N3O7/c1-5-42-31(38)32(23-14-8-6-9-15-23,24-16-10-7-11-17-24)34-29(36)26-20(2)33-21(3)27(30(37)41-4)28(26)22-13-12-18-25(19-22)35(39)40/h6-19,27-28H,5H2,1-4H3,(H,34,36). The number of methoxy groups -OCH3 is 1. The van der Waals surface area contributed by atoms with Crippen LogP contribution in [0.3, 0.4) is 0 Å². The van der Waals surface area contributed by atoms with Gasteiger partial charge in [0.2, 0.25) is 0 Å². The Morgan fingerprint density at radius 3 is 2.07 bits per heavy atom. The summed E-state index contributed by atoms with van der Waals surface area (Å²) >= 11 is 0. The fourth-order valence-corrected chi connectivity index (χ4v) is 5.41. The number of nitro groups is 1. The summed E-state index contributed by atoms with van der Waals surface area (Å²) in [5, 5.41) is 14.6. The first-order valence-electron chi connectivity index (χ1n) is 13.3. The third-order valence-electron chi connectivity index (χ3n) is 7.26. The van der Waals surface area contributed by atoms with Gasteiger partial charge in [0.1, 0.15) is 5.92 Å². The number of ether oxygens (including phenoxy) is 2. The number of amides is 1. The molecule has 0 fully saturated rings. The lowest BCUT2D eigenvalue weighted by atomic mass is 9.74. The maximum absolute atomic E-state index is 14.5. The van der Waals surface area contributed by atoms with Crippen LogP contribution in [0.25, 0.3) is 0 Å². The first-order valence-corrected chi connectivity index (χ1v) is 13.3. The van der Waals surface area contributed by atoms with Gasteiger partial charge in [-0.25, -0.2) is 4.79 Å². The van der Waals surface area contributed by atoms with Gasteiger partial charge < -0.3 is 14.8 Å². The first kappa shape index (κ1) is 29.9. The Bertz CT molecular complexity index is 1530. The minimum atomic E-state index is -1.77. The molecule has 1 amide bonds. The van der Waals surface area contributed by atoms with Crippen LogP contribution >= 0.6 is 0 Å². The number of nitrogens with one attached hydrogen (secondary N) is 1. The number of aliphatic imine (C=N–C) groups is 1. The Morgan fingerprint density at radius 2 is 1.55 bits per heavy atom. The van der Waals surface area contributed by atoms with Gasteiger partial charge in [0.25, 0.3) is 11.6 Å². The van der Waals surface area contributed by atoms with Gasteiger partial charge >= 0.3 is 11.9 Å². The fourth-order valence-electron chi connectivity index (χ4n) is 5.41. The van der Waals surface area contributed by atoms with Crippen LogP contribution in [0.2, 0.25) is 0 Å². The number of rotatable bonds is 9. The fraction of sp³-hybridized carbons (Fsp3) is 0.250. The van der Waals surface area contributed by atoms with Crippen molar-refractivity contribution >= 4 is 29.2 Å². The zero-order valence-corrected chi connectivity index (χ0v) is 23.7. The summed E-state index contributed by atoms with van der Waals surface area (Å²) in [5.41, 5.74) is 0.0179. The smallest absolute Gasteiger partial charge is 0.341 e. The molecule has 0 bridgehead atoms. The second kappa shape index (κ2) is 12.6. The van der Waals surface area contributed by atoms with Crippen LogP contribution in [0.4, 0.5) is 5.69 Å². The third kappa shape index (κ3) is 5.56. The van der Waals surface area contributed by atoms with Crippen LogP contribution in [0.15, 0.2) is 101 Å². The highest BCUT2D eigenvalue weighted by Crippen LogP contribution is 2.42. The van der Waals surface area contributed by atoms with Crippen LogP contribution in [0, 0.1) is 16.0 Å². The van der Waals surface area contributed by atoms with Gasteiger partial charge in [0.05, 0.1) is 18.6 Å². The Kier molecular flexibility index (Phi) is 8.95. The van der Waals surface area contributed by atoms with E-state index < -0.39 is 40.1 Å². The quantitative estimate of drug-likeness (QED) is 0.221. The summed E-state index contributed by atoms with van der Waals surface area (Å²) in [6.45, 7) is 4.99. The van der Waals surface area contributed by atoms with Gasteiger partial charge in [-0.2, -0.15) is 0 Å². The Labute approximate surface area is 243 Å². The summed E-state index contributed by atoms with van der Waals surface area (Å²) in [6.07, 6.45) is 0. The molecule has 0 spiro atoms. The number of nitrogens with zero attached hydrogens (tertiary/aromatic N) is 2. The summed E-state index contributed by atoms with van der Waals surface area (Å²) in [4.78, 5) is 57.1. The number of hydrogen-bond donors (Lipinski definition) is 1. The molecule has 0 aliphatic carbocycles. The molecule has 10 heteroatoms. The Balaban J connectivity index is 1.95. The molecule has 0 aromatic heterocycles. The zero-order chi connectivity index (χ0) is 30.4. The second-order valence-corrected chi connectivity index (χ2v) is 9.74. The molecule has 2 unspecified atom stereocenters. The van der Waals surface area contributed by atoms with Crippen molar-refractivity contribution in [2.45, 2.75) is 32.2 Å². The van der Waals surface area contributed by atoms with E-state index in [0.29, 0.717) is 28.1 Å². The van der Waals surface area contributed by atoms with Crippen molar-refractivity contribution in [2.24, 2.45) is 10.9 Å². The molecule has 3 aromatic carbocycles. The molecule has 3 aromatic rings. The average Bonchev–Trinajstić information content (AvgIpc) is 3.00. The monoisotopic (exact) mass is 569 g/mol. The van der Waals surface area contributed by atoms with Crippen LogP contribution in [-0.4, -0.2) is 42.2 Å². The average molecular weight is 570 g/mol. The van der Waals surface area contributed by atoms with Crippen LogP contribution in [0.1, 0.15) is 43.4 Å². The van der Waals surface area contributed by atoms with Crippen molar-refractivity contribution in [3.05, 3.63) is 123 Å². The highest BCUT2D eigenvalue weighted by atomic mass is 16.6. The molecule has 1 N–H and O–H groups in total. The van der Waals surface area contributed by atoms with E-state index in [2.05, 4.69) is 10.3 Å². The minimum absolute atomic E-state index is 0.0576. The van der Waals surface area contributed by atoms with Gasteiger partial charge in [-0.1, -0.05) is 72.8 Å². The van der Waals surface area contributed by atoms with E-state index in [4.69, 9.17) is 9.47 Å². The number of hydrogen-bond acceptors (Lipinski definition) is 8. The number of carbonyl (C=O) groups excluding carboxylic acids is 3. The predicted molar refractivity (Wildman–Crippen MR) is 156 cm³/mol. The van der Waals surface area contributed by atoms with E-state index in [9.17, 15) is 24.5 Å². The maximum atomic E-state index is 14.5. The van der Waals surface area contributed by atoms with Gasteiger partial charge in [-0.3, -0.25) is 24.7 Å². The SMILES string of the molecule is CCOC(=O)C(NC(=O)C1=C(C)N=C(C)C(C(=O)OC)C1c1cccc([N+](=O)[O-])c1)(c1ccccc1)c1ccccc1. The molecule has 0 saturated heterocycles. The first-order chi connectivity index (χ1) is 20.1. The van der Waals surface area contributed by atoms with Crippen molar-refractivity contribution < 1.29 is 28.8 Å². The molecular formula is C32H31N3O7. The molecule has 1 heterocycles. The van der Waals surface area contributed by atoms with E-state index in [0.717, 1.165) is 0 Å². The van der Waals surface area contributed by atoms with Gasteiger partial charge in [-0.15, -0.1) is 0 Å². The molecule has 1 aliphatic rings. The van der Waals surface area contributed by atoms with E-state index in [-0.39, 0.29) is 17.9 Å². The molecule has 42 heavy (non-hydrogen) atoms.